The second-order valence-electron chi connectivity index (χ2n) is 8.86. The van der Waals surface area contributed by atoms with Crippen LogP contribution in [0.2, 0.25) is 0 Å². The van der Waals surface area contributed by atoms with Gasteiger partial charge in [0.05, 0.1) is 17.5 Å². The van der Waals surface area contributed by atoms with Crippen LogP contribution < -0.4 is 4.74 Å². The van der Waals surface area contributed by atoms with Crippen molar-refractivity contribution in [2.24, 2.45) is 0 Å². The van der Waals surface area contributed by atoms with E-state index in [9.17, 15) is 9.65 Å². The van der Waals surface area contributed by atoms with Gasteiger partial charge in [-0.3, -0.25) is 0 Å². The van der Waals surface area contributed by atoms with Crippen molar-refractivity contribution in [2.45, 2.75) is 38.7 Å². The number of aromatic nitrogens is 2. The van der Waals surface area contributed by atoms with E-state index in [-0.39, 0.29) is 5.82 Å². The van der Waals surface area contributed by atoms with Gasteiger partial charge in [0, 0.05) is 41.3 Å². The number of nitriles is 1. The van der Waals surface area contributed by atoms with E-state index in [1.807, 2.05) is 12.1 Å². The average Bonchev–Trinajstić information content (AvgIpc) is 3.63. The molecule has 2 aliphatic rings. The molecule has 33 heavy (non-hydrogen) atoms. The lowest BCUT2D eigenvalue weighted by molar-refractivity contribution is 0.305. The zero-order valence-corrected chi connectivity index (χ0v) is 18.3. The molecule has 2 aromatic heterocycles. The van der Waals surface area contributed by atoms with E-state index in [0.717, 1.165) is 39.9 Å². The van der Waals surface area contributed by atoms with Crippen molar-refractivity contribution >= 4 is 11.2 Å². The highest BCUT2D eigenvalue weighted by molar-refractivity contribution is 5.88. The maximum absolute atomic E-state index is 13.9. The number of fused-ring (bicyclic) bond motifs is 3. The van der Waals surface area contributed by atoms with E-state index in [0.29, 0.717) is 23.8 Å². The normalized spacial score (nSPS) is 16.4. The van der Waals surface area contributed by atoms with Gasteiger partial charge in [0.25, 0.3) is 0 Å². The summed E-state index contributed by atoms with van der Waals surface area (Å²) in [6.45, 7) is 2.12. The summed E-state index contributed by atoms with van der Waals surface area (Å²) in [6.07, 6.45) is 5.25. The van der Waals surface area contributed by atoms with Gasteiger partial charge in [-0.05, 0) is 60.7 Å². The number of ether oxygens (including phenoxy) is 1. The van der Waals surface area contributed by atoms with Crippen molar-refractivity contribution in [3.63, 3.8) is 0 Å². The van der Waals surface area contributed by atoms with E-state index < -0.39 is 0 Å². The summed E-state index contributed by atoms with van der Waals surface area (Å²) in [4.78, 5) is 4.91. The van der Waals surface area contributed by atoms with Crippen LogP contribution in [-0.4, -0.2) is 9.38 Å². The summed E-state index contributed by atoms with van der Waals surface area (Å²) >= 11 is 0. The van der Waals surface area contributed by atoms with Crippen LogP contribution in [0.4, 0.5) is 4.39 Å². The molecule has 0 saturated heterocycles. The highest BCUT2D eigenvalue weighted by Gasteiger charge is 2.30. The van der Waals surface area contributed by atoms with Crippen LogP contribution in [0.15, 0.2) is 66.4 Å². The maximum atomic E-state index is 13.9. The van der Waals surface area contributed by atoms with Crippen LogP contribution in [0, 0.1) is 17.1 Å². The highest BCUT2D eigenvalue weighted by Crippen LogP contribution is 2.42. The van der Waals surface area contributed by atoms with Crippen LogP contribution in [-0.2, 0) is 13.0 Å². The van der Waals surface area contributed by atoms with Crippen LogP contribution >= 0.6 is 0 Å². The van der Waals surface area contributed by atoms with Crippen molar-refractivity contribution in [3.05, 3.63) is 106 Å². The quantitative estimate of drug-likeness (QED) is 0.361. The molecule has 0 radical (unpaired) electrons. The molecular weight excluding hydrogens is 413 g/mol. The Morgan fingerprint density at radius 2 is 2.00 bits per heavy atom. The number of pyridine rings is 1. The summed E-state index contributed by atoms with van der Waals surface area (Å²) in [7, 11) is 0. The Balaban J connectivity index is 1.45. The van der Waals surface area contributed by atoms with Gasteiger partial charge >= 0.3 is 0 Å². The maximum Gasteiger partial charge on any atom is 0.137 e. The Hall–Kier alpha value is -3.91. The van der Waals surface area contributed by atoms with Crippen molar-refractivity contribution in [3.8, 4) is 11.8 Å². The minimum Gasteiger partial charge on any atom is -0.488 e. The lowest BCUT2D eigenvalue weighted by Crippen LogP contribution is -2.01. The fourth-order valence-electron chi connectivity index (χ4n) is 4.82. The molecular formula is C28H22FN3O. The number of allylic oxidation sites excluding steroid dienone is 1. The zero-order chi connectivity index (χ0) is 22.5. The molecule has 0 spiro atoms. The molecule has 4 aromatic rings. The molecule has 0 bridgehead atoms. The molecule has 1 aliphatic heterocycles. The molecule has 1 aliphatic carbocycles. The summed E-state index contributed by atoms with van der Waals surface area (Å²) in [6, 6.07) is 19.2. The highest BCUT2D eigenvalue weighted by atomic mass is 19.1. The second-order valence-corrected chi connectivity index (χ2v) is 8.86. The predicted octanol–water partition coefficient (Wildman–Crippen LogP) is 6.18. The monoisotopic (exact) mass is 435 g/mol. The molecule has 1 saturated carbocycles. The molecule has 4 nitrogen and oxygen atoms in total. The number of imidazole rings is 1. The molecule has 3 heterocycles. The van der Waals surface area contributed by atoms with Crippen molar-refractivity contribution in [1.29, 1.82) is 5.26 Å². The fraction of sp³-hybridized carbons (Fsp3) is 0.214. The van der Waals surface area contributed by atoms with Gasteiger partial charge in [0.1, 0.15) is 23.8 Å². The molecule has 0 unspecified atom stereocenters. The lowest BCUT2D eigenvalue weighted by Gasteiger charge is -2.13. The van der Waals surface area contributed by atoms with Crippen molar-refractivity contribution < 1.29 is 9.13 Å². The SMILES string of the molecule is CC(C#N)=C1c2ccc(Cc3c(C4CC4)nc4ccccn34)cc2COc2cc(F)ccc21. The number of hydrogen-bond donors (Lipinski definition) is 0. The Bertz CT molecular complexity index is 1490. The van der Waals surface area contributed by atoms with Crippen molar-refractivity contribution in [1.82, 2.24) is 9.38 Å². The Morgan fingerprint density at radius 3 is 2.82 bits per heavy atom. The number of benzene rings is 2. The average molecular weight is 436 g/mol. The fourth-order valence-corrected chi connectivity index (χ4v) is 4.82. The van der Waals surface area contributed by atoms with Crippen LogP contribution in [0.3, 0.4) is 0 Å². The molecule has 162 valence electrons. The molecule has 2 aromatic carbocycles. The number of halogens is 1. The molecule has 0 amide bonds. The first-order chi connectivity index (χ1) is 16.1. The third-order valence-corrected chi connectivity index (χ3v) is 6.57. The van der Waals surface area contributed by atoms with Gasteiger partial charge < -0.3 is 9.14 Å². The second kappa shape index (κ2) is 7.60. The predicted molar refractivity (Wildman–Crippen MR) is 124 cm³/mol. The summed E-state index contributed by atoms with van der Waals surface area (Å²) in [5.74, 6) is 0.672. The molecule has 6 rings (SSSR count). The smallest absolute Gasteiger partial charge is 0.137 e. The zero-order valence-electron chi connectivity index (χ0n) is 18.3. The molecule has 0 atom stereocenters. The van der Waals surface area contributed by atoms with Gasteiger partial charge in [-0.15, -0.1) is 0 Å². The van der Waals surface area contributed by atoms with Gasteiger partial charge in [0.15, 0.2) is 0 Å². The van der Waals surface area contributed by atoms with E-state index in [4.69, 9.17) is 9.72 Å². The van der Waals surface area contributed by atoms with Gasteiger partial charge in [-0.2, -0.15) is 5.26 Å². The standard InChI is InChI=1S/C28H22FN3O/c1-17(15-30)27-22-9-5-18(12-20(22)16-33-25-14-21(29)8-10-23(25)27)13-24-28(19-6-7-19)31-26-4-2-3-11-32(24)26/h2-5,8-12,14,19H,6-7,13,16H2,1H3. The van der Waals surface area contributed by atoms with Gasteiger partial charge in [-0.1, -0.05) is 24.3 Å². The van der Waals surface area contributed by atoms with Crippen LogP contribution in [0.5, 0.6) is 5.75 Å². The first-order valence-electron chi connectivity index (χ1n) is 11.2. The molecule has 1 fully saturated rings. The third kappa shape index (κ3) is 3.39. The first kappa shape index (κ1) is 19.8. The number of hydrogen-bond acceptors (Lipinski definition) is 3. The van der Waals surface area contributed by atoms with Gasteiger partial charge in [0.2, 0.25) is 0 Å². The minimum absolute atomic E-state index is 0.324. The molecule has 5 heteroatoms. The van der Waals surface area contributed by atoms with E-state index >= 15 is 0 Å². The Kier molecular flexibility index (Phi) is 4.55. The van der Waals surface area contributed by atoms with Crippen molar-refractivity contribution in [2.75, 3.05) is 0 Å². The van der Waals surface area contributed by atoms with Crippen LogP contribution in [0.1, 0.15) is 59.3 Å². The minimum atomic E-state index is -0.352. The van der Waals surface area contributed by atoms with Crippen LogP contribution in [0.25, 0.3) is 11.2 Å². The topological polar surface area (TPSA) is 50.3 Å². The van der Waals surface area contributed by atoms with E-state index in [1.165, 1.54) is 36.4 Å². The summed E-state index contributed by atoms with van der Waals surface area (Å²) in [5.41, 5.74) is 8.68. The Morgan fingerprint density at radius 1 is 1.15 bits per heavy atom. The Labute approximate surface area is 191 Å². The summed E-state index contributed by atoms with van der Waals surface area (Å²) < 4.78 is 22.1. The number of rotatable bonds is 3. The summed E-state index contributed by atoms with van der Waals surface area (Å²) in [5, 5.41) is 9.67. The van der Waals surface area contributed by atoms with Gasteiger partial charge in [-0.25, -0.2) is 9.37 Å². The lowest BCUT2D eigenvalue weighted by atomic mass is 9.89. The third-order valence-electron chi connectivity index (χ3n) is 6.57. The van der Waals surface area contributed by atoms with E-state index in [2.05, 4.69) is 40.9 Å². The number of nitrogens with zero attached hydrogens (tertiary/aromatic N) is 3. The largest absolute Gasteiger partial charge is 0.488 e. The molecule has 0 N–H and O–H groups in total. The van der Waals surface area contributed by atoms with E-state index in [1.54, 1.807) is 13.0 Å². The first-order valence-corrected chi connectivity index (χ1v) is 11.2.